The summed E-state index contributed by atoms with van der Waals surface area (Å²) in [4.78, 5) is 33.0. The van der Waals surface area contributed by atoms with E-state index in [-0.39, 0.29) is 17.7 Å². The number of amides is 1. The molecule has 0 spiro atoms. The van der Waals surface area contributed by atoms with Gasteiger partial charge in [-0.2, -0.15) is 0 Å². The Morgan fingerprint density at radius 2 is 2.12 bits per heavy atom. The fraction of sp³-hybridized carbons (Fsp3) is 0.471. The summed E-state index contributed by atoms with van der Waals surface area (Å²) in [6.07, 6.45) is 1.25. The average molecular weight is 331 g/mol. The molecule has 1 aliphatic heterocycles. The molecule has 1 fully saturated rings. The molecule has 1 amide bonds. The van der Waals surface area contributed by atoms with Gasteiger partial charge in [-0.1, -0.05) is 6.07 Å². The number of carboxylic acids is 1. The zero-order valence-corrected chi connectivity index (χ0v) is 14.0. The number of rotatable bonds is 2. The number of benzene rings is 1. The summed E-state index contributed by atoms with van der Waals surface area (Å²) >= 11 is 0. The molecule has 1 atom stereocenters. The number of aromatic nitrogens is 2. The zero-order valence-electron chi connectivity index (χ0n) is 14.0. The number of ether oxygens (including phenoxy) is 1. The maximum atomic E-state index is 12.4. The third-order valence-electron chi connectivity index (χ3n) is 3.96. The normalized spacial score (nSPS) is 18.1. The van der Waals surface area contributed by atoms with E-state index in [1.54, 1.807) is 17.0 Å². The van der Waals surface area contributed by atoms with Crippen molar-refractivity contribution in [2.75, 3.05) is 6.54 Å². The standard InChI is InChI=1S/C17H21N3O4/c1-17(2,3)24-16(23)20-9-5-8-12(20)14-18-11-7-4-6-10(15(21)22)13(11)19-14/h4,6-7,12H,5,8-9H2,1-3H3,(H,18,19)(H,21,22)/t12-/m0/s1. The van der Waals surface area contributed by atoms with Crippen LogP contribution in [0.15, 0.2) is 18.2 Å². The number of fused-ring (bicyclic) bond motifs is 1. The van der Waals surface area contributed by atoms with E-state index >= 15 is 0 Å². The highest BCUT2D eigenvalue weighted by molar-refractivity contribution is 6.00. The summed E-state index contributed by atoms with van der Waals surface area (Å²) < 4.78 is 5.46. The first-order valence-corrected chi connectivity index (χ1v) is 7.98. The highest BCUT2D eigenvalue weighted by Crippen LogP contribution is 2.33. The number of carbonyl (C=O) groups is 2. The number of aromatic amines is 1. The number of likely N-dealkylation sites (tertiary alicyclic amines) is 1. The third-order valence-corrected chi connectivity index (χ3v) is 3.96. The van der Waals surface area contributed by atoms with E-state index in [0.29, 0.717) is 23.4 Å². The van der Waals surface area contributed by atoms with E-state index in [2.05, 4.69) is 9.97 Å². The average Bonchev–Trinajstić information content (AvgIpc) is 3.10. The Morgan fingerprint density at radius 1 is 1.38 bits per heavy atom. The van der Waals surface area contributed by atoms with Crippen LogP contribution >= 0.6 is 0 Å². The molecule has 2 aromatic rings. The highest BCUT2D eigenvalue weighted by atomic mass is 16.6. The number of nitrogens with one attached hydrogen (secondary N) is 1. The van der Waals surface area contributed by atoms with E-state index in [1.807, 2.05) is 20.8 Å². The van der Waals surface area contributed by atoms with Gasteiger partial charge in [-0.15, -0.1) is 0 Å². The molecule has 1 aliphatic rings. The number of hydrogen-bond acceptors (Lipinski definition) is 4. The largest absolute Gasteiger partial charge is 0.478 e. The van der Waals surface area contributed by atoms with E-state index in [9.17, 15) is 14.7 Å². The minimum Gasteiger partial charge on any atom is -0.478 e. The molecule has 0 saturated carbocycles. The van der Waals surface area contributed by atoms with Crippen molar-refractivity contribution in [3.8, 4) is 0 Å². The van der Waals surface area contributed by atoms with Crippen molar-refractivity contribution in [1.82, 2.24) is 14.9 Å². The first-order valence-electron chi connectivity index (χ1n) is 7.98. The van der Waals surface area contributed by atoms with Crippen LogP contribution in [0.25, 0.3) is 11.0 Å². The van der Waals surface area contributed by atoms with Crippen molar-refractivity contribution in [3.05, 3.63) is 29.6 Å². The maximum Gasteiger partial charge on any atom is 0.410 e. The summed E-state index contributed by atoms with van der Waals surface area (Å²) in [6.45, 7) is 6.09. The molecule has 2 heterocycles. The van der Waals surface area contributed by atoms with E-state index in [0.717, 1.165) is 12.8 Å². The number of H-pyrrole nitrogens is 1. The minimum absolute atomic E-state index is 0.174. The smallest absolute Gasteiger partial charge is 0.410 e. The number of carbonyl (C=O) groups excluding carboxylic acids is 1. The lowest BCUT2D eigenvalue weighted by molar-refractivity contribution is 0.0218. The fourth-order valence-electron chi connectivity index (χ4n) is 2.98. The van der Waals surface area contributed by atoms with Gasteiger partial charge in [0.05, 0.1) is 22.6 Å². The van der Waals surface area contributed by atoms with Crippen LogP contribution in [0, 0.1) is 0 Å². The molecule has 7 nitrogen and oxygen atoms in total. The van der Waals surface area contributed by atoms with Crippen molar-refractivity contribution in [1.29, 1.82) is 0 Å². The molecule has 0 bridgehead atoms. The second-order valence-corrected chi connectivity index (χ2v) is 6.96. The lowest BCUT2D eigenvalue weighted by atomic mass is 10.2. The molecular formula is C17H21N3O4. The number of aromatic carboxylic acids is 1. The van der Waals surface area contributed by atoms with Gasteiger partial charge in [0, 0.05) is 6.54 Å². The quantitative estimate of drug-likeness (QED) is 0.880. The Kier molecular flexibility index (Phi) is 3.95. The minimum atomic E-state index is -1.01. The molecule has 24 heavy (non-hydrogen) atoms. The second kappa shape index (κ2) is 5.81. The molecule has 0 aliphatic carbocycles. The molecule has 3 rings (SSSR count). The lowest BCUT2D eigenvalue weighted by Gasteiger charge is -2.27. The van der Waals surface area contributed by atoms with Crippen LogP contribution in [0.3, 0.4) is 0 Å². The van der Waals surface area contributed by atoms with Crippen molar-refractivity contribution in [3.63, 3.8) is 0 Å². The van der Waals surface area contributed by atoms with Gasteiger partial charge in [0.15, 0.2) is 0 Å². The molecule has 7 heteroatoms. The SMILES string of the molecule is CC(C)(C)OC(=O)N1CCC[C@H]1c1nc2cccc(C(=O)O)c2[nH]1. The summed E-state index contributed by atoms with van der Waals surface area (Å²) in [5.41, 5.74) is 0.680. The van der Waals surface area contributed by atoms with Crippen LogP contribution in [0.4, 0.5) is 4.79 Å². The molecular weight excluding hydrogens is 310 g/mol. The van der Waals surface area contributed by atoms with Crippen LogP contribution in [-0.4, -0.2) is 44.2 Å². The number of carboxylic acid groups (broad SMARTS) is 1. The van der Waals surface area contributed by atoms with Crippen LogP contribution < -0.4 is 0 Å². The van der Waals surface area contributed by atoms with Crippen molar-refractivity contribution < 1.29 is 19.4 Å². The van der Waals surface area contributed by atoms with Gasteiger partial charge in [0.25, 0.3) is 0 Å². The predicted molar refractivity (Wildman–Crippen MR) is 88.0 cm³/mol. The van der Waals surface area contributed by atoms with Gasteiger partial charge in [-0.3, -0.25) is 4.90 Å². The number of nitrogens with zero attached hydrogens (tertiary/aromatic N) is 2. The molecule has 0 radical (unpaired) electrons. The van der Waals surface area contributed by atoms with E-state index in [1.165, 1.54) is 6.07 Å². The Morgan fingerprint density at radius 3 is 2.79 bits per heavy atom. The number of para-hydroxylation sites is 1. The summed E-state index contributed by atoms with van der Waals surface area (Å²) in [5, 5.41) is 9.29. The number of imidazole rings is 1. The number of hydrogen-bond donors (Lipinski definition) is 2. The molecule has 128 valence electrons. The monoisotopic (exact) mass is 331 g/mol. The highest BCUT2D eigenvalue weighted by Gasteiger charge is 2.35. The Balaban J connectivity index is 1.93. The summed E-state index contributed by atoms with van der Waals surface area (Å²) in [7, 11) is 0. The molecule has 0 unspecified atom stereocenters. The van der Waals surface area contributed by atoms with Gasteiger partial charge in [-0.05, 0) is 45.7 Å². The topological polar surface area (TPSA) is 95.5 Å². The van der Waals surface area contributed by atoms with Gasteiger partial charge >= 0.3 is 12.1 Å². The van der Waals surface area contributed by atoms with Gasteiger partial charge < -0.3 is 14.8 Å². The predicted octanol–water partition coefficient (Wildman–Crippen LogP) is 3.33. The van der Waals surface area contributed by atoms with Crippen LogP contribution in [-0.2, 0) is 4.74 Å². The molecule has 1 aromatic heterocycles. The van der Waals surface area contributed by atoms with Crippen molar-refractivity contribution in [2.24, 2.45) is 0 Å². The van der Waals surface area contributed by atoms with Gasteiger partial charge in [0.2, 0.25) is 0 Å². The zero-order chi connectivity index (χ0) is 17.5. The summed E-state index contributed by atoms with van der Waals surface area (Å²) in [5.74, 6) is -0.409. The van der Waals surface area contributed by atoms with Crippen molar-refractivity contribution >= 4 is 23.1 Å². The molecule has 2 N–H and O–H groups in total. The summed E-state index contributed by atoms with van der Waals surface area (Å²) in [6, 6.07) is 4.73. The molecule has 1 saturated heterocycles. The fourth-order valence-corrected chi connectivity index (χ4v) is 2.98. The van der Waals surface area contributed by atoms with Crippen molar-refractivity contribution in [2.45, 2.75) is 45.3 Å². The second-order valence-electron chi connectivity index (χ2n) is 6.96. The van der Waals surface area contributed by atoms with Crippen LogP contribution in [0.5, 0.6) is 0 Å². The first-order chi connectivity index (χ1) is 11.3. The molecule has 1 aromatic carbocycles. The van der Waals surface area contributed by atoms with Crippen LogP contribution in [0.1, 0.15) is 55.8 Å². The van der Waals surface area contributed by atoms with E-state index in [4.69, 9.17) is 4.74 Å². The van der Waals surface area contributed by atoms with Gasteiger partial charge in [-0.25, -0.2) is 14.6 Å². The van der Waals surface area contributed by atoms with E-state index < -0.39 is 11.6 Å². The lowest BCUT2D eigenvalue weighted by Crippen LogP contribution is -2.36. The third kappa shape index (κ3) is 3.06. The Labute approximate surface area is 139 Å². The Bertz CT molecular complexity index is 791. The first kappa shape index (κ1) is 16.3. The maximum absolute atomic E-state index is 12.4. The van der Waals surface area contributed by atoms with Crippen LogP contribution in [0.2, 0.25) is 0 Å². The van der Waals surface area contributed by atoms with Gasteiger partial charge in [0.1, 0.15) is 11.4 Å². The Hall–Kier alpha value is -2.57.